The Balaban J connectivity index is 1.86. The van der Waals surface area contributed by atoms with Gasteiger partial charge in [0.2, 0.25) is 0 Å². The van der Waals surface area contributed by atoms with E-state index in [1.807, 2.05) is 0 Å². The molecule has 0 spiro atoms. The van der Waals surface area contributed by atoms with Crippen LogP contribution in [0.2, 0.25) is 5.02 Å². The molecule has 2 heterocycles. The van der Waals surface area contributed by atoms with E-state index in [2.05, 4.69) is 10.4 Å². The number of non-ortho nitro benzene ring substituents is 1. The van der Waals surface area contributed by atoms with Crippen molar-refractivity contribution in [2.75, 3.05) is 11.9 Å². The molecule has 0 radical (unpaired) electrons. The molecule has 0 aliphatic heterocycles. The van der Waals surface area contributed by atoms with E-state index in [1.165, 1.54) is 11.4 Å². The van der Waals surface area contributed by atoms with Gasteiger partial charge in [-0.25, -0.2) is 4.79 Å². The number of halogens is 4. The Labute approximate surface area is 219 Å². The molecular formula is C23H14ClF3N4O6S. The number of esters is 1. The van der Waals surface area contributed by atoms with Crippen molar-refractivity contribution in [3.05, 3.63) is 90.2 Å². The average molecular weight is 567 g/mol. The van der Waals surface area contributed by atoms with Crippen LogP contribution in [0.1, 0.15) is 33.3 Å². The number of rotatable bonds is 6. The Kier molecular flexibility index (Phi) is 7.20. The number of anilines is 1. The van der Waals surface area contributed by atoms with Crippen molar-refractivity contribution in [3.8, 4) is 5.69 Å². The number of fused-ring (bicyclic) bond motifs is 1. The maximum absolute atomic E-state index is 13.4. The van der Waals surface area contributed by atoms with Crippen LogP contribution in [0.3, 0.4) is 0 Å². The Morgan fingerprint density at radius 2 is 1.89 bits per heavy atom. The van der Waals surface area contributed by atoms with E-state index in [9.17, 15) is 37.7 Å². The zero-order valence-electron chi connectivity index (χ0n) is 19.0. The zero-order chi connectivity index (χ0) is 27.8. The maximum Gasteiger partial charge on any atom is 0.416 e. The highest BCUT2D eigenvalue weighted by molar-refractivity contribution is 7.16. The number of hydrogen-bond donors (Lipinski definition) is 1. The number of carbonyl (C=O) groups excluding carboxylic acids is 2. The van der Waals surface area contributed by atoms with Crippen molar-refractivity contribution >= 4 is 56.3 Å². The topological polar surface area (TPSA) is 133 Å². The lowest BCUT2D eigenvalue weighted by Gasteiger charge is -2.11. The van der Waals surface area contributed by atoms with E-state index in [-0.39, 0.29) is 44.3 Å². The highest BCUT2D eigenvalue weighted by Crippen LogP contribution is 2.33. The molecule has 196 valence electrons. The monoisotopic (exact) mass is 566 g/mol. The van der Waals surface area contributed by atoms with Crippen LogP contribution in [0.4, 0.5) is 23.9 Å². The fourth-order valence-electron chi connectivity index (χ4n) is 3.43. The number of benzene rings is 2. The lowest BCUT2D eigenvalue weighted by molar-refractivity contribution is -0.384. The van der Waals surface area contributed by atoms with Crippen LogP contribution in [0.5, 0.6) is 0 Å². The summed E-state index contributed by atoms with van der Waals surface area (Å²) in [6, 6.07) is 6.74. The number of nitrogens with zero attached hydrogens (tertiary/aromatic N) is 3. The predicted molar refractivity (Wildman–Crippen MR) is 132 cm³/mol. The molecule has 38 heavy (non-hydrogen) atoms. The van der Waals surface area contributed by atoms with Crippen LogP contribution in [-0.2, 0) is 10.9 Å². The van der Waals surface area contributed by atoms with E-state index in [0.717, 1.165) is 52.4 Å². The molecule has 0 saturated carbocycles. The molecule has 0 aliphatic rings. The van der Waals surface area contributed by atoms with Crippen molar-refractivity contribution in [1.29, 1.82) is 0 Å². The molecule has 1 amide bonds. The Bertz CT molecular complexity index is 1650. The number of nitrogens with one attached hydrogen (secondary N) is 1. The van der Waals surface area contributed by atoms with Gasteiger partial charge in [-0.05, 0) is 37.3 Å². The number of nitro benzene ring substituents is 1. The molecule has 1 N–H and O–H groups in total. The minimum absolute atomic E-state index is 0.0274. The van der Waals surface area contributed by atoms with Gasteiger partial charge >= 0.3 is 12.1 Å². The second kappa shape index (κ2) is 10.2. The molecule has 4 aromatic rings. The van der Waals surface area contributed by atoms with Gasteiger partial charge in [0.15, 0.2) is 5.69 Å². The summed E-state index contributed by atoms with van der Waals surface area (Å²) in [5.74, 6) is -1.78. The summed E-state index contributed by atoms with van der Waals surface area (Å²) in [7, 11) is 0. The SMILES string of the molecule is CCOC(=O)c1nn(-c2ccc(C(F)(F)F)cc2)c(=O)c2c(NC(=O)c3cc([N+](=O)[O-])ccc3Cl)scc12. The third-order valence-electron chi connectivity index (χ3n) is 5.19. The first-order valence-corrected chi connectivity index (χ1v) is 11.8. The minimum Gasteiger partial charge on any atom is -0.461 e. The van der Waals surface area contributed by atoms with Crippen molar-refractivity contribution in [2.45, 2.75) is 13.1 Å². The maximum atomic E-state index is 13.4. The van der Waals surface area contributed by atoms with Crippen molar-refractivity contribution in [3.63, 3.8) is 0 Å². The highest BCUT2D eigenvalue weighted by Gasteiger charge is 2.30. The molecule has 4 rings (SSSR count). The average Bonchev–Trinajstić information content (AvgIpc) is 3.28. The third kappa shape index (κ3) is 5.08. The van der Waals surface area contributed by atoms with E-state index < -0.39 is 39.8 Å². The van der Waals surface area contributed by atoms with Gasteiger partial charge in [0.05, 0.1) is 38.8 Å². The summed E-state index contributed by atoms with van der Waals surface area (Å²) >= 11 is 6.90. The summed E-state index contributed by atoms with van der Waals surface area (Å²) in [5, 5.41) is 18.7. The molecule has 2 aromatic heterocycles. The summed E-state index contributed by atoms with van der Waals surface area (Å²) in [5.41, 5.74) is -2.85. The number of amides is 1. The molecule has 0 fully saturated rings. The number of nitro groups is 1. The zero-order valence-corrected chi connectivity index (χ0v) is 20.6. The number of hydrogen-bond acceptors (Lipinski definition) is 8. The van der Waals surface area contributed by atoms with Crippen LogP contribution in [0, 0.1) is 10.1 Å². The minimum atomic E-state index is -4.62. The van der Waals surface area contributed by atoms with Crippen LogP contribution < -0.4 is 10.9 Å². The number of thiophene rings is 1. The summed E-state index contributed by atoms with van der Waals surface area (Å²) in [6.45, 7) is 1.52. The Morgan fingerprint density at radius 3 is 2.50 bits per heavy atom. The lowest BCUT2D eigenvalue weighted by Crippen LogP contribution is -2.25. The Morgan fingerprint density at radius 1 is 1.21 bits per heavy atom. The second-order valence-corrected chi connectivity index (χ2v) is 8.85. The van der Waals surface area contributed by atoms with E-state index in [4.69, 9.17) is 16.3 Å². The normalized spacial score (nSPS) is 11.4. The lowest BCUT2D eigenvalue weighted by atomic mass is 10.1. The van der Waals surface area contributed by atoms with Gasteiger partial charge in [-0.1, -0.05) is 11.6 Å². The quantitative estimate of drug-likeness (QED) is 0.186. The van der Waals surface area contributed by atoms with E-state index in [0.29, 0.717) is 0 Å². The van der Waals surface area contributed by atoms with Crippen LogP contribution in [0.15, 0.2) is 52.6 Å². The van der Waals surface area contributed by atoms with Gasteiger partial charge < -0.3 is 10.1 Å². The van der Waals surface area contributed by atoms with Crippen LogP contribution >= 0.6 is 22.9 Å². The highest BCUT2D eigenvalue weighted by atomic mass is 35.5. The van der Waals surface area contributed by atoms with Crippen molar-refractivity contribution < 1.29 is 32.4 Å². The Hall–Kier alpha value is -4.30. The molecular weight excluding hydrogens is 553 g/mol. The first-order valence-electron chi connectivity index (χ1n) is 10.6. The second-order valence-electron chi connectivity index (χ2n) is 7.56. The molecule has 10 nitrogen and oxygen atoms in total. The molecule has 0 aliphatic carbocycles. The molecule has 2 aromatic carbocycles. The fourth-order valence-corrected chi connectivity index (χ4v) is 4.57. The molecule has 0 atom stereocenters. The van der Waals surface area contributed by atoms with Crippen molar-refractivity contribution in [1.82, 2.24) is 9.78 Å². The summed E-state index contributed by atoms with van der Waals surface area (Å²) in [6.07, 6.45) is -4.62. The van der Waals surface area contributed by atoms with Gasteiger partial charge in [-0.15, -0.1) is 11.3 Å². The molecule has 0 bridgehead atoms. The van der Waals surface area contributed by atoms with Gasteiger partial charge in [-0.3, -0.25) is 19.7 Å². The van der Waals surface area contributed by atoms with Gasteiger partial charge in [-0.2, -0.15) is 23.0 Å². The van der Waals surface area contributed by atoms with Gasteiger partial charge in [0.1, 0.15) is 5.00 Å². The van der Waals surface area contributed by atoms with Gasteiger partial charge in [0.25, 0.3) is 17.2 Å². The fraction of sp³-hybridized carbons (Fsp3) is 0.130. The number of ether oxygens (including phenoxy) is 1. The first kappa shape index (κ1) is 26.8. The molecule has 15 heteroatoms. The third-order valence-corrected chi connectivity index (χ3v) is 6.42. The van der Waals surface area contributed by atoms with Crippen molar-refractivity contribution in [2.24, 2.45) is 0 Å². The number of alkyl halides is 3. The van der Waals surface area contributed by atoms with Crippen LogP contribution in [-0.4, -0.2) is 33.2 Å². The smallest absolute Gasteiger partial charge is 0.416 e. The first-order chi connectivity index (χ1) is 17.9. The number of aromatic nitrogens is 2. The standard InChI is InChI=1S/C23H14ClF3N4O6S/c1-2-37-22(34)18-15-10-38-20(28-19(32)14-9-13(31(35)36)7-8-16(14)24)17(15)21(33)30(29-18)12-5-3-11(4-6-12)23(25,26)27/h3-10H,2H2,1H3,(H,28,32). The van der Waals surface area contributed by atoms with E-state index >= 15 is 0 Å². The van der Waals surface area contributed by atoms with E-state index in [1.54, 1.807) is 6.92 Å². The van der Waals surface area contributed by atoms with Gasteiger partial charge in [0, 0.05) is 22.9 Å². The van der Waals surface area contributed by atoms with Crippen LogP contribution in [0.25, 0.3) is 16.5 Å². The number of carbonyl (C=O) groups is 2. The molecule has 0 saturated heterocycles. The predicted octanol–water partition coefficient (Wildman–Crippen LogP) is 5.46. The summed E-state index contributed by atoms with van der Waals surface area (Å²) in [4.78, 5) is 49.4. The largest absolute Gasteiger partial charge is 0.461 e. The molecule has 0 unspecified atom stereocenters. The summed E-state index contributed by atoms with van der Waals surface area (Å²) < 4.78 is 44.7.